The number of nitrogens with one attached hydrogen (secondary N) is 1. The zero-order valence-electron chi connectivity index (χ0n) is 9.28. The summed E-state index contributed by atoms with van der Waals surface area (Å²) in [5.41, 5.74) is 0.562. The Labute approximate surface area is 93.7 Å². The second-order valence-electron chi connectivity index (χ2n) is 3.39. The molecule has 0 aromatic heterocycles. The zero-order chi connectivity index (χ0) is 12.1. The number of benzene rings is 1. The Bertz CT molecular complexity index is 390. The van der Waals surface area contributed by atoms with Gasteiger partial charge in [0.1, 0.15) is 5.75 Å². The second kappa shape index (κ2) is 5.25. The van der Waals surface area contributed by atoms with Crippen LogP contribution in [0.4, 0.5) is 0 Å². The van der Waals surface area contributed by atoms with E-state index in [0.29, 0.717) is 18.5 Å². The van der Waals surface area contributed by atoms with Gasteiger partial charge >= 0.3 is 0 Å². The zero-order valence-corrected chi connectivity index (χ0v) is 9.28. The molecule has 0 heterocycles. The van der Waals surface area contributed by atoms with E-state index >= 15 is 0 Å². The van der Waals surface area contributed by atoms with E-state index in [1.165, 1.54) is 26.2 Å². The van der Waals surface area contributed by atoms with Gasteiger partial charge in [-0.15, -0.1) is 0 Å². The van der Waals surface area contributed by atoms with E-state index in [4.69, 9.17) is 4.74 Å². The van der Waals surface area contributed by atoms with Crippen LogP contribution in [0.3, 0.4) is 0 Å². The van der Waals surface area contributed by atoms with Gasteiger partial charge in [-0.25, -0.2) is 0 Å². The van der Waals surface area contributed by atoms with Crippen LogP contribution >= 0.6 is 0 Å². The Balaban J connectivity index is 2.73. The molecule has 16 heavy (non-hydrogen) atoms. The van der Waals surface area contributed by atoms with Gasteiger partial charge in [0.05, 0.1) is 7.11 Å². The maximum atomic E-state index is 10.6. The van der Waals surface area contributed by atoms with Gasteiger partial charge in [0, 0.05) is 19.5 Å². The summed E-state index contributed by atoms with van der Waals surface area (Å²) in [7, 11) is 1.41. The van der Waals surface area contributed by atoms with Gasteiger partial charge in [-0.05, 0) is 18.1 Å². The molecule has 0 atom stereocenters. The fourth-order valence-corrected chi connectivity index (χ4v) is 1.34. The lowest BCUT2D eigenvalue weighted by atomic mass is 10.1. The summed E-state index contributed by atoms with van der Waals surface area (Å²) in [6, 6.07) is 2.77. The molecule has 0 saturated heterocycles. The molecule has 0 aliphatic carbocycles. The first-order valence-electron chi connectivity index (χ1n) is 4.88. The number of hydrogen-bond donors (Lipinski definition) is 3. The number of amides is 1. The molecule has 88 valence electrons. The number of aromatic hydroxyl groups is 2. The van der Waals surface area contributed by atoms with E-state index in [2.05, 4.69) is 5.32 Å². The highest BCUT2D eigenvalue weighted by Crippen LogP contribution is 2.33. The molecule has 0 radical (unpaired) electrons. The van der Waals surface area contributed by atoms with Crippen molar-refractivity contribution in [2.45, 2.75) is 13.3 Å². The Kier molecular flexibility index (Phi) is 3.99. The van der Waals surface area contributed by atoms with Gasteiger partial charge in [0.15, 0.2) is 11.5 Å². The highest BCUT2D eigenvalue weighted by molar-refractivity contribution is 5.72. The number of phenolic OH excluding ortho intramolecular Hbond substituents is 2. The third kappa shape index (κ3) is 3.05. The molecule has 0 aliphatic heterocycles. The molecule has 1 aromatic carbocycles. The summed E-state index contributed by atoms with van der Waals surface area (Å²) in [6.45, 7) is 1.83. The maximum absolute atomic E-state index is 10.6. The van der Waals surface area contributed by atoms with Crippen LogP contribution in [0, 0.1) is 0 Å². The van der Waals surface area contributed by atoms with Crippen molar-refractivity contribution < 1.29 is 19.7 Å². The topological polar surface area (TPSA) is 78.8 Å². The highest BCUT2D eigenvalue weighted by atomic mass is 16.5. The molecule has 5 nitrogen and oxygen atoms in total. The fourth-order valence-electron chi connectivity index (χ4n) is 1.34. The van der Waals surface area contributed by atoms with Gasteiger partial charge in [-0.3, -0.25) is 4.79 Å². The van der Waals surface area contributed by atoms with Gasteiger partial charge in [0.25, 0.3) is 0 Å². The molecule has 5 heteroatoms. The first-order chi connectivity index (χ1) is 7.54. The number of phenols is 2. The average molecular weight is 225 g/mol. The van der Waals surface area contributed by atoms with E-state index < -0.39 is 0 Å². The van der Waals surface area contributed by atoms with E-state index in [9.17, 15) is 15.0 Å². The van der Waals surface area contributed by atoms with Crippen molar-refractivity contribution >= 4 is 5.91 Å². The van der Waals surface area contributed by atoms with Gasteiger partial charge in [-0.1, -0.05) is 0 Å². The molecule has 1 aromatic rings. The van der Waals surface area contributed by atoms with Crippen molar-refractivity contribution in [1.82, 2.24) is 5.32 Å². The summed E-state index contributed by atoms with van der Waals surface area (Å²) in [5.74, 6) is 0.108. The number of carbonyl (C=O) groups excluding carboxylic acids is 1. The monoisotopic (exact) mass is 225 g/mol. The molecule has 0 aliphatic rings. The van der Waals surface area contributed by atoms with E-state index in [1.54, 1.807) is 0 Å². The van der Waals surface area contributed by atoms with Crippen LogP contribution < -0.4 is 10.1 Å². The minimum Gasteiger partial charge on any atom is -0.508 e. The number of carbonyl (C=O) groups is 1. The Morgan fingerprint density at radius 1 is 1.38 bits per heavy atom. The SMILES string of the molecule is COc1cc(O)c(CCNC(C)=O)cc1O. The lowest BCUT2D eigenvalue weighted by Gasteiger charge is -2.09. The molecule has 3 N–H and O–H groups in total. The van der Waals surface area contributed by atoms with E-state index in [-0.39, 0.29) is 23.2 Å². The predicted octanol–water partition coefficient (Wildman–Crippen LogP) is 0.785. The standard InChI is InChI=1S/C11H15NO4/c1-7(13)12-4-3-8-5-10(15)11(16-2)6-9(8)14/h5-6,14-15H,3-4H2,1-2H3,(H,12,13). The maximum Gasteiger partial charge on any atom is 0.216 e. The van der Waals surface area contributed by atoms with Crippen molar-refractivity contribution in [2.75, 3.05) is 13.7 Å². The molecular formula is C11H15NO4. The highest BCUT2D eigenvalue weighted by Gasteiger charge is 2.08. The number of rotatable bonds is 4. The Morgan fingerprint density at radius 2 is 2.06 bits per heavy atom. The minimum atomic E-state index is -0.128. The smallest absolute Gasteiger partial charge is 0.216 e. The summed E-state index contributed by atoms with van der Waals surface area (Å²) in [5, 5.41) is 21.7. The minimum absolute atomic E-state index is 0.0295. The number of ether oxygens (including phenoxy) is 1. The van der Waals surface area contributed by atoms with Crippen molar-refractivity contribution in [3.8, 4) is 17.2 Å². The Hall–Kier alpha value is -1.91. The van der Waals surface area contributed by atoms with Crippen LogP contribution in [0.1, 0.15) is 12.5 Å². The molecule has 1 rings (SSSR count). The number of methoxy groups -OCH3 is 1. The number of hydrogen-bond acceptors (Lipinski definition) is 4. The lowest BCUT2D eigenvalue weighted by Crippen LogP contribution is -2.22. The van der Waals surface area contributed by atoms with Crippen LogP contribution in [0.15, 0.2) is 12.1 Å². The van der Waals surface area contributed by atoms with Crippen LogP contribution in [-0.4, -0.2) is 29.8 Å². The first-order valence-corrected chi connectivity index (χ1v) is 4.88. The van der Waals surface area contributed by atoms with E-state index in [1.807, 2.05) is 0 Å². The van der Waals surface area contributed by atoms with Gasteiger partial charge in [0.2, 0.25) is 5.91 Å². The summed E-state index contributed by atoms with van der Waals surface area (Å²) in [4.78, 5) is 10.6. The fraction of sp³-hybridized carbons (Fsp3) is 0.364. The molecule has 0 spiro atoms. The summed E-state index contributed by atoms with van der Waals surface area (Å²) in [6.07, 6.45) is 0.447. The third-order valence-corrected chi connectivity index (χ3v) is 2.15. The predicted molar refractivity (Wildman–Crippen MR) is 58.7 cm³/mol. The van der Waals surface area contributed by atoms with E-state index in [0.717, 1.165) is 0 Å². The normalized spacial score (nSPS) is 9.88. The molecule has 0 saturated carbocycles. The van der Waals surface area contributed by atoms with Crippen LogP contribution in [0.25, 0.3) is 0 Å². The van der Waals surface area contributed by atoms with Crippen molar-refractivity contribution in [2.24, 2.45) is 0 Å². The van der Waals surface area contributed by atoms with Crippen molar-refractivity contribution in [3.05, 3.63) is 17.7 Å². The molecule has 0 unspecified atom stereocenters. The summed E-state index contributed by atoms with van der Waals surface area (Å²) < 4.78 is 4.84. The molecule has 1 amide bonds. The first kappa shape index (κ1) is 12.2. The van der Waals surface area contributed by atoms with Crippen LogP contribution in [0.2, 0.25) is 0 Å². The van der Waals surface area contributed by atoms with Crippen molar-refractivity contribution in [1.29, 1.82) is 0 Å². The Morgan fingerprint density at radius 3 is 2.62 bits per heavy atom. The van der Waals surface area contributed by atoms with Gasteiger partial charge in [-0.2, -0.15) is 0 Å². The van der Waals surface area contributed by atoms with Crippen molar-refractivity contribution in [3.63, 3.8) is 0 Å². The van der Waals surface area contributed by atoms with Crippen LogP contribution in [-0.2, 0) is 11.2 Å². The van der Waals surface area contributed by atoms with Gasteiger partial charge < -0.3 is 20.3 Å². The largest absolute Gasteiger partial charge is 0.508 e. The quantitative estimate of drug-likeness (QED) is 0.662. The second-order valence-corrected chi connectivity index (χ2v) is 3.39. The van der Waals surface area contributed by atoms with Crippen LogP contribution in [0.5, 0.6) is 17.2 Å². The molecule has 0 fully saturated rings. The molecular weight excluding hydrogens is 210 g/mol. The third-order valence-electron chi connectivity index (χ3n) is 2.15. The molecule has 0 bridgehead atoms. The average Bonchev–Trinajstić information content (AvgIpc) is 2.22. The lowest BCUT2D eigenvalue weighted by molar-refractivity contribution is -0.118. The summed E-state index contributed by atoms with van der Waals surface area (Å²) >= 11 is 0.